The summed E-state index contributed by atoms with van der Waals surface area (Å²) in [6.07, 6.45) is 5.06. The Hall–Kier alpha value is 0.734. The molecule has 0 aliphatic heterocycles. The van der Waals surface area contributed by atoms with Crippen molar-refractivity contribution in [2.75, 3.05) is 6.61 Å². The predicted octanol–water partition coefficient (Wildman–Crippen LogP) is 2.10. The first-order valence-corrected chi connectivity index (χ1v) is 2.80. The molecule has 0 heterocycles. The van der Waals surface area contributed by atoms with Gasteiger partial charge in [-0.05, 0) is 24.5 Å². The van der Waals surface area contributed by atoms with Crippen LogP contribution in [0.2, 0.25) is 0 Å². The van der Waals surface area contributed by atoms with E-state index in [-0.39, 0.29) is 53.1 Å². The van der Waals surface area contributed by atoms with Crippen LogP contribution in [-0.2, 0) is 21.7 Å². The van der Waals surface area contributed by atoms with Crippen molar-refractivity contribution in [1.82, 2.24) is 0 Å². The van der Waals surface area contributed by atoms with Crippen LogP contribution in [-0.4, -0.2) is 11.7 Å². The van der Waals surface area contributed by atoms with Gasteiger partial charge < -0.3 is 5.11 Å². The monoisotopic (exact) mass is 230 g/mol. The molecule has 0 aromatic heterocycles. The topological polar surface area (TPSA) is 20.2 Å². The molecule has 0 spiro atoms. The second kappa shape index (κ2) is 8.83. The number of halogens is 2. The molecule has 0 amide bonds. The van der Waals surface area contributed by atoms with Gasteiger partial charge in [-0.3, -0.25) is 0 Å². The van der Waals surface area contributed by atoms with Crippen LogP contribution >= 0.6 is 24.8 Å². The fraction of sp³-hybridized carbons (Fsp3) is 0.429. The fourth-order valence-corrected chi connectivity index (χ4v) is 0.846. The van der Waals surface area contributed by atoms with Crippen molar-refractivity contribution in [3.63, 3.8) is 0 Å². The molecule has 64 valence electrons. The second-order valence-electron chi connectivity index (χ2n) is 2.05. The van der Waals surface area contributed by atoms with E-state index in [0.717, 1.165) is 12.0 Å². The number of aliphatic hydroxyl groups is 1. The molecule has 11 heavy (non-hydrogen) atoms. The Balaban J connectivity index is -0.000000213. The zero-order valence-electron chi connectivity index (χ0n) is 6.33. The van der Waals surface area contributed by atoms with E-state index >= 15 is 0 Å². The smallest absolute Gasteiger partial charge is 0.0650 e. The molecule has 0 aromatic rings. The molecule has 1 N–H and O–H groups in total. The van der Waals surface area contributed by atoms with E-state index < -0.39 is 0 Å². The van der Waals surface area contributed by atoms with Crippen LogP contribution in [0.1, 0.15) is 13.3 Å². The Bertz CT molecular complexity index is 155. The van der Waals surface area contributed by atoms with Gasteiger partial charge in [-0.2, -0.15) is 0 Å². The molecule has 0 saturated heterocycles. The maximum Gasteiger partial charge on any atom is 0.0650 e. The third-order valence-electron chi connectivity index (χ3n) is 1.48. The normalized spacial score (nSPS) is 13.3. The fourth-order valence-electron chi connectivity index (χ4n) is 0.846. The number of hydrogen-bond donors (Lipinski definition) is 1. The summed E-state index contributed by atoms with van der Waals surface area (Å²) in [5.74, 6) is 0. The van der Waals surface area contributed by atoms with E-state index in [4.69, 9.17) is 5.11 Å². The Labute approximate surface area is 94.7 Å². The molecular formula is C7H12Cl2OTi. The third kappa shape index (κ3) is 5.05. The molecule has 1 rings (SSSR count). The van der Waals surface area contributed by atoms with Gasteiger partial charge in [0.15, 0.2) is 0 Å². The number of hydrogen-bond acceptors (Lipinski definition) is 1. The summed E-state index contributed by atoms with van der Waals surface area (Å²) >= 11 is 0. The summed E-state index contributed by atoms with van der Waals surface area (Å²) < 4.78 is 0. The zero-order chi connectivity index (χ0) is 5.98. The van der Waals surface area contributed by atoms with E-state index in [1.807, 2.05) is 13.0 Å². The number of aliphatic hydroxyl groups excluding tert-OH is 1. The SMILES string of the molecule is CC1=C(CO)CC=C1.Cl.Cl.[Ti]. The van der Waals surface area contributed by atoms with Gasteiger partial charge in [0, 0.05) is 21.7 Å². The van der Waals surface area contributed by atoms with Crippen molar-refractivity contribution in [2.24, 2.45) is 0 Å². The largest absolute Gasteiger partial charge is 0.392 e. The Morgan fingerprint density at radius 3 is 2.18 bits per heavy atom. The van der Waals surface area contributed by atoms with E-state index in [1.165, 1.54) is 5.57 Å². The van der Waals surface area contributed by atoms with Crippen LogP contribution in [0.25, 0.3) is 0 Å². The first-order chi connectivity index (χ1) is 3.84. The summed E-state index contributed by atoms with van der Waals surface area (Å²) in [6.45, 7) is 2.24. The molecule has 1 nitrogen and oxygen atoms in total. The predicted molar refractivity (Wildman–Crippen MR) is 48.0 cm³/mol. The summed E-state index contributed by atoms with van der Waals surface area (Å²) in [6, 6.07) is 0. The Morgan fingerprint density at radius 2 is 2.00 bits per heavy atom. The van der Waals surface area contributed by atoms with Gasteiger partial charge in [0.2, 0.25) is 0 Å². The van der Waals surface area contributed by atoms with Crippen LogP contribution in [0.5, 0.6) is 0 Å². The van der Waals surface area contributed by atoms with Gasteiger partial charge in [0.05, 0.1) is 6.61 Å². The molecule has 0 saturated carbocycles. The van der Waals surface area contributed by atoms with Gasteiger partial charge in [-0.25, -0.2) is 0 Å². The van der Waals surface area contributed by atoms with E-state index in [1.54, 1.807) is 0 Å². The van der Waals surface area contributed by atoms with Gasteiger partial charge in [0.1, 0.15) is 0 Å². The number of allylic oxidation sites excluding steroid dienone is 3. The molecule has 0 unspecified atom stereocenters. The van der Waals surface area contributed by atoms with Crippen LogP contribution in [0, 0.1) is 0 Å². The summed E-state index contributed by atoms with van der Waals surface area (Å²) in [5, 5.41) is 8.64. The van der Waals surface area contributed by atoms with Crippen molar-refractivity contribution < 1.29 is 26.8 Å². The maximum absolute atomic E-state index is 8.64. The van der Waals surface area contributed by atoms with E-state index in [9.17, 15) is 0 Å². The van der Waals surface area contributed by atoms with Gasteiger partial charge in [-0.15, -0.1) is 24.8 Å². The zero-order valence-corrected chi connectivity index (χ0v) is 9.53. The van der Waals surface area contributed by atoms with E-state index in [0.29, 0.717) is 0 Å². The molecule has 1 aliphatic carbocycles. The van der Waals surface area contributed by atoms with Crippen molar-refractivity contribution in [1.29, 1.82) is 0 Å². The molecule has 0 radical (unpaired) electrons. The minimum atomic E-state index is 0. The molecular weight excluding hydrogens is 219 g/mol. The van der Waals surface area contributed by atoms with Crippen LogP contribution in [0.3, 0.4) is 0 Å². The first kappa shape index (κ1) is 17.7. The molecule has 0 atom stereocenters. The molecule has 4 heteroatoms. The van der Waals surface area contributed by atoms with Gasteiger partial charge in [-0.1, -0.05) is 12.2 Å². The molecule has 0 fully saturated rings. The first-order valence-electron chi connectivity index (χ1n) is 2.80. The summed E-state index contributed by atoms with van der Waals surface area (Å²) in [7, 11) is 0. The molecule has 0 bridgehead atoms. The maximum atomic E-state index is 8.64. The van der Waals surface area contributed by atoms with Gasteiger partial charge >= 0.3 is 0 Å². The van der Waals surface area contributed by atoms with Crippen LogP contribution in [0.4, 0.5) is 0 Å². The minimum absolute atomic E-state index is 0. The van der Waals surface area contributed by atoms with Crippen molar-refractivity contribution >= 4 is 24.8 Å². The van der Waals surface area contributed by atoms with Crippen LogP contribution < -0.4 is 0 Å². The Kier molecular flexibility index (Phi) is 14.2. The van der Waals surface area contributed by atoms with Crippen LogP contribution in [0.15, 0.2) is 23.3 Å². The van der Waals surface area contributed by atoms with Gasteiger partial charge in [0.25, 0.3) is 0 Å². The summed E-state index contributed by atoms with van der Waals surface area (Å²) in [5.41, 5.74) is 2.39. The van der Waals surface area contributed by atoms with E-state index in [2.05, 4.69) is 6.08 Å². The standard InChI is InChI=1S/C7H10O.2ClH.Ti/c1-6-3-2-4-7(6)5-8;;;/h2-3,8H,4-5H2,1H3;2*1H;. The number of rotatable bonds is 1. The molecule has 0 aromatic carbocycles. The minimum Gasteiger partial charge on any atom is -0.392 e. The molecule has 1 aliphatic rings. The average Bonchev–Trinajstić information content (AvgIpc) is 2.14. The second-order valence-corrected chi connectivity index (χ2v) is 2.05. The van der Waals surface area contributed by atoms with Crippen molar-refractivity contribution in [3.05, 3.63) is 23.3 Å². The Morgan fingerprint density at radius 1 is 1.45 bits per heavy atom. The third-order valence-corrected chi connectivity index (χ3v) is 1.48. The average molecular weight is 231 g/mol. The van der Waals surface area contributed by atoms with Crippen molar-refractivity contribution in [3.8, 4) is 0 Å². The van der Waals surface area contributed by atoms with Crippen molar-refractivity contribution in [2.45, 2.75) is 13.3 Å². The quantitative estimate of drug-likeness (QED) is 0.685. The summed E-state index contributed by atoms with van der Waals surface area (Å²) in [4.78, 5) is 0.